The number of nitrogens with zero attached hydrogens (tertiary/aromatic N) is 1. The molecule has 1 N–H and O–H groups in total. The third-order valence-corrected chi connectivity index (χ3v) is 4.59. The summed E-state index contributed by atoms with van der Waals surface area (Å²) in [4.78, 5) is 15.8. The SMILES string of the molecule is COCCOc1ncc(B2OC(C)(C)C(C)(C)O2)c(C)c1C(=O)O. The largest absolute Gasteiger partial charge is 0.496 e. The first-order chi connectivity index (χ1) is 11.1. The summed E-state index contributed by atoms with van der Waals surface area (Å²) in [5, 5.41) is 9.54. The molecule has 0 spiro atoms. The van der Waals surface area contributed by atoms with Crippen LogP contribution >= 0.6 is 0 Å². The zero-order valence-corrected chi connectivity index (χ0v) is 15.0. The van der Waals surface area contributed by atoms with Crippen LogP contribution in [0.4, 0.5) is 0 Å². The average Bonchev–Trinajstić information content (AvgIpc) is 2.67. The molecule has 1 aromatic rings. The predicted molar refractivity (Wildman–Crippen MR) is 89.0 cm³/mol. The molecule has 1 aromatic heterocycles. The number of hydrogen-bond donors (Lipinski definition) is 1. The van der Waals surface area contributed by atoms with Gasteiger partial charge < -0.3 is 23.9 Å². The number of aromatic carboxylic acids is 1. The number of rotatable bonds is 6. The lowest BCUT2D eigenvalue weighted by Crippen LogP contribution is -2.41. The van der Waals surface area contributed by atoms with Crippen LogP contribution in [-0.4, -0.2) is 54.7 Å². The Morgan fingerprint density at radius 2 is 1.83 bits per heavy atom. The van der Waals surface area contributed by atoms with Gasteiger partial charge in [-0.2, -0.15) is 0 Å². The van der Waals surface area contributed by atoms with Crippen LogP contribution < -0.4 is 10.2 Å². The van der Waals surface area contributed by atoms with Crippen LogP contribution in [-0.2, 0) is 14.0 Å². The first-order valence-electron chi connectivity index (χ1n) is 7.81. The molecule has 2 rings (SSSR count). The standard InChI is InChI=1S/C16H24BNO6/c1-10-11(17-23-15(2,3)16(4,5)24-17)9-18-13(12(10)14(19)20)22-8-7-21-6/h9H,7-8H2,1-6H3,(H,19,20). The highest BCUT2D eigenvalue weighted by atomic mass is 16.7. The molecule has 0 aromatic carbocycles. The summed E-state index contributed by atoms with van der Waals surface area (Å²) < 4.78 is 22.3. The van der Waals surface area contributed by atoms with Gasteiger partial charge in [0.2, 0.25) is 5.88 Å². The quantitative estimate of drug-likeness (QED) is 0.620. The number of methoxy groups -OCH3 is 1. The fourth-order valence-corrected chi connectivity index (χ4v) is 2.38. The fraction of sp³-hybridized carbons (Fsp3) is 0.625. The highest BCUT2D eigenvalue weighted by molar-refractivity contribution is 6.62. The van der Waals surface area contributed by atoms with Crippen molar-refractivity contribution in [3.8, 4) is 5.88 Å². The van der Waals surface area contributed by atoms with Crippen molar-refractivity contribution in [1.82, 2.24) is 4.98 Å². The maximum absolute atomic E-state index is 11.7. The molecular weight excluding hydrogens is 313 g/mol. The molecule has 0 aliphatic carbocycles. The Morgan fingerprint density at radius 3 is 2.33 bits per heavy atom. The zero-order valence-electron chi connectivity index (χ0n) is 15.0. The van der Waals surface area contributed by atoms with E-state index in [9.17, 15) is 9.90 Å². The Kier molecular flexibility index (Phi) is 5.22. The molecule has 8 heteroatoms. The second-order valence-electron chi connectivity index (χ2n) is 6.75. The van der Waals surface area contributed by atoms with Gasteiger partial charge in [0.05, 0.1) is 17.8 Å². The molecule has 0 atom stereocenters. The molecule has 1 aliphatic rings. The van der Waals surface area contributed by atoms with Crippen LogP contribution in [0, 0.1) is 6.92 Å². The summed E-state index contributed by atoms with van der Waals surface area (Å²) in [7, 11) is 0.871. The predicted octanol–water partition coefficient (Wildman–Crippen LogP) is 1.41. The summed E-state index contributed by atoms with van der Waals surface area (Å²) in [5.74, 6) is -1.04. The van der Waals surface area contributed by atoms with Crippen molar-refractivity contribution >= 4 is 18.6 Å². The molecule has 0 unspecified atom stereocenters. The number of ether oxygens (including phenoxy) is 2. The number of carbonyl (C=O) groups is 1. The molecule has 0 bridgehead atoms. The van der Waals surface area contributed by atoms with Crippen molar-refractivity contribution in [2.24, 2.45) is 0 Å². The van der Waals surface area contributed by atoms with Gasteiger partial charge in [-0.15, -0.1) is 0 Å². The first-order valence-corrected chi connectivity index (χ1v) is 7.81. The van der Waals surface area contributed by atoms with Crippen LogP contribution in [0.25, 0.3) is 0 Å². The van der Waals surface area contributed by atoms with Gasteiger partial charge >= 0.3 is 13.1 Å². The van der Waals surface area contributed by atoms with Gasteiger partial charge in [-0.25, -0.2) is 9.78 Å². The van der Waals surface area contributed by atoms with E-state index in [2.05, 4.69) is 4.98 Å². The van der Waals surface area contributed by atoms with Crippen molar-refractivity contribution in [1.29, 1.82) is 0 Å². The van der Waals surface area contributed by atoms with E-state index in [-0.39, 0.29) is 18.1 Å². The van der Waals surface area contributed by atoms with Crippen LogP contribution in [0.1, 0.15) is 43.6 Å². The van der Waals surface area contributed by atoms with Gasteiger partial charge in [-0.05, 0) is 40.2 Å². The maximum atomic E-state index is 11.7. The second-order valence-corrected chi connectivity index (χ2v) is 6.75. The van der Waals surface area contributed by atoms with Crippen LogP contribution in [0.5, 0.6) is 5.88 Å². The number of carboxylic acid groups (broad SMARTS) is 1. The second kappa shape index (κ2) is 6.70. The summed E-state index contributed by atoms with van der Waals surface area (Å²) in [6, 6.07) is 0. The lowest BCUT2D eigenvalue weighted by molar-refractivity contribution is 0.00578. The summed E-state index contributed by atoms with van der Waals surface area (Å²) in [5.41, 5.74) is 0.0919. The third kappa shape index (κ3) is 3.40. The van der Waals surface area contributed by atoms with Crippen molar-refractivity contribution in [3.05, 3.63) is 17.3 Å². The average molecular weight is 337 g/mol. The Hall–Kier alpha value is -1.64. The molecule has 7 nitrogen and oxygen atoms in total. The van der Waals surface area contributed by atoms with E-state index in [1.807, 2.05) is 27.7 Å². The van der Waals surface area contributed by atoms with E-state index in [4.69, 9.17) is 18.8 Å². The van der Waals surface area contributed by atoms with E-state index in [0.717, 1.165) is 0 Å². The topological polar surface area (TPSA) is 87.1 Å². The van der Waals surface area contributed by atoms with Crippen molar-refractivity contribution in [2.75, 3.05) is 20.3 Å². The van der Waals surface area contributed by atoms with Gasteiger partial charge in [0.15, 0.2) is 0 Å². The van der Waals surface area contributed by atoms with Gasteiger partial charge in [0, 0.05) is 18.8 Å². The minimum Gasteiger partial charge on any atom is -0.477 e. The Balaban J connectivity index is 2.36. The highest BCUT2D eigenvalue weighted by Crippen LogP contribution is 2.37. The van der Waals surface area contributed by atoms with E-state index in [1.165, 1.54) is 0 Å². The van der Waals surface area contributed by atoms with Crippen LogP contribution in [0.2, 0.25) is 0 Å². The summed E-state index contributed by atoms with van der Waals surface area (Å²) in [6.07, 6.45) is 1.55. The van der Waals surface area contributed by atoms with Gasteiger partial charge in [0.1, 0.15) is 12.2 Å². The van der Waals surface area contributed by atoms with Crippen molar-refractivity contribution < 1.29 is 28.7 Å². The highest BCUT2D eigenvalue weighted by Gasteiger charge is 2.52. The number of hydrogen-bond acceptors (Lipinski definition) is 6. The molecule has 132 valence electrons. The monoisotopic (exact) mass is 337 g/mol. The molecule has 1 saturated heterocycles. The van der Waals surface area contributed by atoms with E-state index in [1.54, 1.807) is 20.2 Å². The lowest BCUT2D eigenvalue weighted by Gasteiger charge is -2.32. The summed E-state index contributed by atoms with van der Waals surface area (Å²) >= 11 is 0. The lowest BCUT2D eigenvalue weighted by atomic mass is 9.76. The number of carboxylic acids is 1. The molecule has 24 heavy (non-hydrogen) atoms. The van der Waals surface area contributed by atoms with E-state index in [0.29, 0.717) is 17.6 Å². The minimum atomic E-state index is -1.11. The van der Waals surface area contributed by atoms with Crippen molar-refractivity contribution in [2.45, 2.75) is 45.8 Å². The molecule has 1 fully saturated rings. The minimum absolute atomic E-state index is 0.0123. The van der Waals surface area contributed by atoms with E-state index < -0.39 is 24.3 Å². The van der Waals surface area contributed by atoms with E-state index >= 15 is 0 Å². The third-order valence-electron chi connectivity index (χ3n) is 4.59. The van der Waals surface area contributed by atoms with Crippen molar-refractivity contribution in [3.63, 3.8) is 0 Å². The van der Waals surface area contributed by atoms with Gasteiger partial charge in [0.25, 0.3) is 0 Å². The Morgan fingerprint density at radius 1 is 1.25 bits per heavy atom. The zero-order chi connectivity index (χ0) is 18.1. The number of aromatic nitrogens is 1. The van der Waals surface area contributed by atoms with Crippen LogP contribution in [0.15, 0.2) is 6.20 Å². The molecule has 0 saturated carbocycles. The Labute approximate surface area is 142 Å². The molecule has 1 aliphatic heterocycles. The first kappa shape index (κ1) is 18.7. The Bertz CT molecular complexity index is 615. The van der Waals surface area contributed by atoms with Gasteiger partial charge in [-0.3, -0.25) is 0 Å². The fourth-order valence-electron chi connectivity index (χ4n) is 2.38. The maximum Gasteiger partial charge on any atom is 0.496 e. The normalized spacial score (nSPS) is 18.7. The van der Waals surface area contributed by atoms with Crippen LogP contribution in [0.3, 0.4) is 0 Å². The number of pyridine rings is 1. The molecular formula is C16H24BNO6. The van der Waals surface area contributed by atoms with Gasteiger partial charge in [-0.1, -0.05) is 0 Å². The smallest absolute Gasteiger partial charge is 0.477 e. The molecule has 0 radical (unpaired) electrons. The molecule has 0 amide bonds. The summed E-state index contributed by atoms with van der Waals surface area (Å²) in [6.45, 7) is 10.0. The molecule has 2 heterocycles.